The van der Waals surface area contributed by atoms with Crippen LogP contribution in [-0.4, -0.2) is 45.3 Å². The number of hydrogen-bond donors (Lipinski definition) is 1. The molecule has 3 heterocycles. The second-order valence-electron chi connectivity index (χ2n) is 10.4. The van der Waals surface area contributed by atoms with E-state index >= 15 is 0 Å². The number of fused-ring (bicyclic) bond motifs is 2. The summed E-state index contributed by atoms with van der Waals surface area (Å²) in [6, 6.07) is 17.2. The van der Waals surface area contributed by atoms with E-state index in [9.17, 15) is 4.79 Å². The van der Waals surface area contributed by atoms with Crippen LogP contribution in [-0.2, 0) is 6.54 Å². The highest BCUT2D eigenvalue weighted by atomic mass is 79.9. The molecule has 1 aliphatic carbocycles. The first kappa shape index (κ1) is 22.6. The van der Waals surface area contributed by atoms with Crippen molar-refractivity contribution < 1.29 is 4.79 Å². The zero-order chi connectivity index (χ0) is 24.3. The van der Waals surface area contributed by atoms with E-state index in [2.05, 4.69) is 80.1 Å². The number of benzene rings is 2. The van der Waals surface area contributed by atoms with E-state index in [0.717, 1.165) is 45.1 Å². The summed E-state index contributed by atoms with van der Waals surface area (Å²) in [6.07, 6.45) is 4.81. The number of primary amides is 1. The van der Waals surface area contributed by atoms with E-state index in [-0.39, 0.29) is 5.69 Å². The number of aryl methyl sites for hydroxylation is 1. The van der Waals surface area contributed by atoms with E-state index in [1.54, 1.807) is 10.7 Å². The number of amides is 1. The highest BCUT2D eigenvalue weighted by Gasteiger charge is 2.39. The highest BCUT2D eigenvalue weighted by molar-refractivity contribution is 9.10. The average molecular weight is 532 g/mol. The molecule has 0 radical (unpaired) electrons. The van der Waals surface area contributed by atoms with Crippen molar-refractivity contribution in [1.29, 1.82) is 0 Å². The third-order valence-corrected chi connectivity index (χ3v) is 8.57. The van der Waals surface area contributed by atoms with E-state index in [1.165, 1.54) is 37.1 Å². The van der Waals surface area contributed by atoms with Crippen molar-refractivity contribution >= 4 is 32.7 Å². The monoisotopic (exact) mass is 531 g/mol. The van der Waals surface area contributed by atoms with Gasteiger partial charge in [-0.05, 0) is 95.9 Å². The van der Waals surface area contributed by atoms with Gasteiger partial charge in [0.2, 0.25) is 0 Å². The number of likely N-dealkylation sites (tertiary alicyclic amines) is 1. The predicted octanol–water partition coefficient (Wildman–Crippen LogP) is 5.10. The Hall–Kier alpha value is -2.90. The molecule has 6 rings (SSSR count). The van der Waals surface area contributed by atoms with Crippen molar-refractivity contribution in [2.75, 3.05) is 20.1 Å². The lowest BCUT2D eigenvalue weighted by atomic mass is 9.95. The molecule has 4 aromatic rings. The first-order chi connectivity index (χ1) is 16.9. The van der Waals surface area contributed by atoms with E-state index in [1.807, 2.05) is 13.0 Å². The van der Waals surface area contributed by atoms with Crippen LogP contribution in [0.25, 0.3) is 16.6 Å². The third kappa shape index (κ3) is 4.10. The molecule has 1 amide bonds. The second-order valence-corrected chi connectivity index (χ2v) is 11.3. The van der Waals surface area contributed by atoms with Gasteiger partial charge in [0.05, 0.1) is 5.69 Å². The number of carbonyl (C=O) groups excluding carboxylic acids is 1. The highest BCUT2D eigenvalue weighted by Crippen LogP contribution is 2.45. The van der Waals surface area contributed by atoms with Crippen molar-refractivity contribution in [3.63, 3.8) is 0 Å². The van der Waals surface area contributed by atoms with E-state index in [4.69, 9.17) is 5.73 Å². The lowest BCUT2D eigenvalue weighted by molar-refractivity contribution is 0.0995. The van der Waals surface area contributed by atoms with Crippen LogP contribution in [0.15, 0.2) is 59.2 Å². The first-order valence-electron chi connectivity index (χ1n) is 12.3. The number of carbonyl (C=O) groups is 1. The maximum Gasteiger partial charge on any atom is 0.269 e. The van der Waals surface area contributed by atoms with Crippen LogP contribution in [0.1, 0.15) is 46.1 Å². The van der Waals surface area contributed by atoms with Gasteiger partial charge in [0.25, 0.3) is 5.91 Å². The largest absolute Gasteiger partial charge is 0.364 e. The molecule has 6 nitrogen and oxygen atoms in total. The molecule has 7 heteroatoms. The van der Waals surface area contributed by atoms with Gasteiger partial charge in [-0.25, -0.2) is 4.68 Å². The Bertz CT molecular complexity index is 1410. The molecule has 3 atom stereocenters. The predicted molar refractivity (Wildman–Crippen MR) is 142 cm³/mol. The second kappa shape index (κ2) is 8.64. The summed E-state index contributed by atoms with van der Waals surface area (Å²) in [5, 5.41) is 5.48. The summed E-state index contributed by atoms with van der Waals surface area (Å²) in [5.41, 5.74) is 11.4. The summed E-state index contributed by atoms with van der Waals surface area (Å²) in [6.45, 7) is 5.27. The van der Waals surface area contributed by atoms with Gasteiger partial charge in [-0.3, -0.25) is 4.79 Å². The summed E-state index contributed by atoms with van der Waals surface area (Å²) in [5.74, 6) is 1.96. The van der Waals surface area contributed by atoms with Crippen LogP contribution >= 0.6 is 15.9 Å². The molecule has 0 spiro atoms. The summed E-state index contributed by atoms with van der Waals surface area (Å²) in [7, 11) is 2.25. The molecular formula is C28H30BrN5O. The van der Waals surface area contributed by atoms with E-state index in [0.29, 0.717) is 5.92 Å². The number of aromatic nitrogens is 3. The van der Waals surface area contributed by atoms with E-state index < -0.39 is 5.91 Å². The Balaban J connectivity index is 1.22. The van der Waals surface area contributed by atoms with Crippen LogP contribution in [0.4, 0.5) is 0 Å². The molecule has 35 heavy (non-hydrogen) atoms. The van der Waals surface area contributed by atoms with Crippen LogP contribution in [0.2, 0.25) is 0 Å². The molecular weight excluding hydrogens is 502 g/mol. The molecule has 1 saturated carbocycles. The summed E-state index contributed by atoms with van der Waals surface area (Å²) in [4.78, 5) is 14.0. The zero-order valence-corrected chi connectivity index (χ0v) is 21.7. The molecule has 2 fully saturated rings. The Kier molecular flexibility index (Phi) is 5.57. The number of nitrogens with two attached hydrogens (primary N) is 1. The number of hydrogen-bond acceptors (Lipinski definition) is 3. The van der Waals surface area contributed by atoms with Crippen molar-refractivity contribution in [2.45, 2.75) is 32.2 Å². The van der Waals surface area contributed by atoms with Gasteiger partial charge in [-0.1, -0.05) is 24.3 Å². The van der Waals surface area contributed by atoms with Gasteiger partial charge in [0.15, 0.2) is 5.69 Å². The van der Waals surface area contributed by atoms with Crippen LogP contribution in [0.3, 0.4) is 0 Å². The molecule has 1 aliphatic heterocycles. The number of halogens is 1. The smallest absolute Gasteiger partial charge is 0.269 e. The van der Waals surface area contributed by atoms with Gasteiger partial charge < -0.3 is 15.2 Å². The van der Waals surface area contributed by atoms with Crippen molar-refractivity contribution in [2.24, 2.45) is 17.6 Å². The Morgan fingerprint density at radius 3 is 2.46 bits per heavy atom. The van der Waals surface area contributed by atoms with Gasteiger partial charge in [0.1, 0.15) is 0 Å². The number of nitrogens with zero attached hydrogens (tertiary/aromatic N) is 4. The lowest BCUT2D eigenvalue weighted by Gasteiger charge is -2.15. The Labute approximate surface area is 213 Å². The van der Waals surface area contributed by atoms with Crippen molar-refractivity contribution in [3.8, 4) is 5.69 Å². The maximum atomic E-state index is 11.5. The quantitative estimate of drug-likeness (QED) is 0.389. The minimum absolute atomic E-state index is 0.274. The summed E-state index contributed by atoms with van der Waals surface area (Å²) >= 11 is 3.74. The maximum absolute atomic E-state index is 11.5. The fraction of sp³-hybridized carbons (Fsp3) is 0.357. The standard InChI is InChI=1S/C28H30BrN5O/c1-17-9-26(28(30)35)31-34(17)23-7-8-27-24(12-23)25(29)16-33(27)13-18-3-5-19(6-4-18)20-10-21-14-32(2)15-22(21)11-20/h3-9,12,16,20-22H,10-11,13-15H2,1-2H3,(H2,30,35)/t20?,21-,22+. The SMILES string of the molecule is Cc1cc(C(N)=O)nn1-c1ccc2c(c1)c(Br)cn2Cc1ccc(C2C[C@@H]3CN(C)C[C@@H]3C2)cc1. The molecule has 2 N–H and O–H groups in total. The van der Waals surface area contributed by atoms with Crippen LogP contribution in [0.5, 0.6) is 0 Å². The van der Waals surface area contributed by atoms with Gasteiger partial charge in [0, 0.05) is 46.9 Å². The van der Waals surface area contributed by atoms with Gasteiger partial charge >= 0.3 is 0 Å². The Morgan fingerprint density at radius 1 is 1.09 bits per heavy atom. The third-order valence-electron chi connectivity index (χ3n) is 7.94. The molecule has 2 aromatic heterocycles. The Morgan fingerprint density at radius 2 is 1.80 bits per heavy atom. The van der Waals surface area contributed by atoms with Gasteiger partial charge in [-0.15, -0.1) is 0 Å². The molecule has 1 unspecified atom stereocenters. The topological polar surface area (TPSA) is 69.1 Å². The molecule has 2 aromatic carbocycles. The number of rotatable bonds is 5. The fourth-order valence-electron chi connectivity index (χ4n) is 6.26. The molecule has 2 aliphatic rings. The van der Waals surface area contributed by atoms with Crippen molar-refractivity contribution in [3.05, 3.63) is 81.7 Å². The first-order valence-corrected chi connectivity index (χ1v) is 13.1. The lowest BCUT2D eigenvalue weighted by Crippen LogP contribution is -2.16. The van der Waals surface area contributed by atoms with Crippen molar-refractivity contribution in [1.82, 2.24) is 19.2 Å². The normalized spacial score (nSPS) is 22.2. The molecule has 180 valence electrons. The molecule has 0 bridgehead atoms. The summed E-state index contributed by atoms with van der Waals surface area (Å²) < 4.78 is 5.07. The van der Waals surface area contributed by atoms with Crippen LogP contribution < -0.4 is 5.73 Å². The minimum Gasteiger partial charge on any atom is -0.364 e. The zero-order valence-electron chi connectivity index (χ0n) is 20.1. The van der Waals surface area contributed by atoms with Gasteiger partial charge in [-0.2, -0.15) is 5.10 Å². The molecule has 1 saturated heterocycles. The van der Waals surface area contributed by atoms with Crippen LogP contribution in [0, 0.1) is 18.8 Å². The average Bonchev–Trinajstić information content (AvgIpc) is 3.57. The minimum atomic E-state index is -0.519. The fourth-order valence-corrected chi connectivity index (χ4v) is 6.82.